The molecular formula is C18H27NO4. The molecule has 1 atom stereocenters. The van der Waals surface area contributed by atoms with Gasteiger partial charge in [-0.25, -0.2) is 0 Å². The summed E-state index contributed by atoms with van der Waals surface area (Å²) in [5.74, 6) is 0.782. The fourth-order valence-electron chi connectivity index (χ4n) is 2.67. The van der Waals surface area contributed by atoms with Gasteiger partial charge in [0, 0.05) is 30.6 Å². The average Bonchev–Trinajstić information content (AvgIpc) is 2.54. The highest BCUT2D eigenvalue weighted by Crippen LogP contribution is 2.19. The van der Waals surface area contributed by atoms with E-state index in [4.69, 9.17) is 9.47 Å². The van der Waals surface area contributed by atoms with Crippen molar-refractivity contribution in [2.24, 2.45) is 0 Å². The van der Waals surface area contributed by atoms with E-state index in [0.29, 0.717) is 37.5 Å². The predicted molar refractivity (Wildman–Crippen MR) is 89.0 cm³/mol. The number of ether oxygens (including phenoxy) is 2. The fourth-order valence-corrected chi connectivity index (χ4v) is 2.67. The second-order valence-electron chi connectivity index (χ2n) is 6.58. The highest BCUT2D eigenvalue weighted by Gasteiger charge is 2.31. The summed E-state index contributed by atoms with van der Waals surface area (Å²) in [5.41, 5.74) is 0.622. The summed E-state index contributed by atoms with van der Waals surface area (Å²) in [6, 6.07) is 7.07. The maximum absolute atomic E-state index is 11.6. The largest absolute Gasteiger partial charge is 0.491 e. The topological polar surface area (TPSA) is 59.0 Å². The highest BCUT2D eigenvalue weighted by molar-refractivity contribution is 5.95. The van der Waals surface area contributed by atoms with Crippen molar-refractivity contribution in [2.75, 3.05) is 32.9 Å². The number of hydrogen-bond acceptors (Lipinski definition) is 5. The van der Waals surface area contributed by atoms with E-state index in [9.17, 15) is 9.90 Å². The molecule has 128 valence electrons. The van der Waals surface area contributed by atoms with E-state index < -0.39 is 6.10 Å². The molecule has 0 spiro atoms. The molecule has 1 aliphatic heterocycles. The van der Waals surface area contributed by atoms with Crippen molar-refractivity contribution in [1.82, 2.24) is 4.90 Å². The first-order valence-electron chi connectivity index (χ1n) is 8.19. The lowest BCUT2D eigenvalue weighted by atomic mass is 10.0. The quantitative estimate of drug-likeness (QED) is 0.780. The van der Waals surface area contributed by atoms with Crippen LogP contribution >= 0.6 is 0 Å². The van der Waals surface area contributed by atoms with Gasteiger partial charge in [-0.2, -0.15) is 0 Å². The predicted octanol–water partition coefficient (Wildman–Crippen LogP) is 2.13. The van der Waals surface area contributed by atoms with E-state index in [2.05, 4.69) is 18.7 Å². The zero-order valence-electron chi connectivity index (χ0n) is 14.2. The van der Waals surface area contributed by atoms with Gasteiger partial charge in [-0.1, -0.05) is 6.92 Å². The normalized spacial score (nSPS) is 19.3. The Kier molecular flexibility index (Phi) is 6.16. The molecule has 0 aromatic heterocycles. The van der Waals surface area contributed by atoms with Crippen molar-refractivity contribution in [1.29, 1.82) is 0 Å². The van der Waals surface area contributed by atoms with Crippen molar-refractivity contribution >= 4 is 5.78 Å². The van der Waals surface area contributed by atoms with Crippen molar-refractivity contribution in [3.8, 4) is 5.75 Å². The zero-order valence-corrected chi connectivity index (χ0v) is 14.2. The minimum atomic E-state index is -0.565. The highest BCUT2D eigenvalue weighted by atomic mass is 16.5. The van der Waals surface area contributed by atoms with E-state index in [-0.39, 0.29) is 17.9 Å². The summed E-state index contributed by atoms with van der Waals surface area (Å²) < 4.78 is 11.1. The van der Waals surface area contributed by atoms with Crippen LogP contribution in [-0.2, 0) is 4.74 Å². The summed E-state index contributed by atoms with van der Waals surface area (Å²) in [7, 11) is 0. The molecule has 1 heterocycles. The molecule has 0 amide bonds. The zero-order chi connectivity index (χ0) is 16.9. The Morgan fingerprint density at radius 3 is 2.70 bits per heavy atom. The standard InChI is InChI=1S/C18H27NO4/c1-4-17(21)14-5-7-16(8-6-14)23-12-15(20)11-19-9-10-22-13-18(19,2)3/h5-8,15,20H,4,9-13H2,1-3H3. The number of nitrogens with zero attached hydrogens (tertiary/aromatic N) is 1. The molecule has 5 heteroatoms. The average molecular weight is 321 g/mol. The molecule has 1 aromatic carbocycles. The first-order chi connectivity index (χ1) is 10.9. The monoisotopic (exact) mass is 321 g/mol. The molecular weight excluding hydrogens is 294 g/mol. The van der Waals surface area contributed by atoms with Gasteiger partial charge in [0.2, 0.25) is 0 Å². The number of ketones is 1. The Bertz CT molecular complexity index is 512. The van der Waals surface area contributed by atoms with Crippen LogP contribution in [0.3, 0.4) is 0 Å². The summed E-state index contributed by atoms with van der Waals surface area (Å²) >= 11 is 0. The number of Topliss-reactive ketones (excluding diaryl/α,β-unsaturated/α-hetero) is 1. The van der Waals surface area contributed by atoms with E-state index in [1.54, 1.807) is 24.3 Å². The first-order valence-corrected chi connectivity index (χ1v) is 8.19. The van der Waals surface area contributed by atoms with Gasteiger partial charge in [-0.15, -0.1) is 0 Å². The van der Waals surface area contributed by atoms with Crippen LogP contribution < -0.4 is 4.74 Å². The Labute approximate surface area is 138 Å². The second kappa shape index (κ2) is 7.90. The molecule has 1 unspecified atom stereocenters. The van der Waals surface area contributed by atoms with Crippen LogP contribution in [-0.4, -0.2) is 60.3 Å². The van der Waals surface area contributed by atoms with Crippen LogP contribution in [0, 0.1) is 0 Å². The van der Waals surface area contributed by atoms with Gasteiger partial charge in [0.05, 0.1) is 13.2 Å². The van der Waals surface area contributed by atoms with Gasteiger partial charge in [0.1, 0.15) is 18.5 Å². The second-order valence-corrected chi connectivity index (χ2v) is 6.58. The Balaban J connectivity index is 1.82. The number of rotatable bonds is 7. The Hall–Kier alpha value is -1.43. The Morgan fingerprint density at radius 2 is 2.09 bits per heavy atom. The van der Waals surface area contributed by atoms with E-state index in [1.165, 1.54) is 0 Å². The molecule has 5 nitrogen and oxygen atoms in total. The van der Waals surface area contributed by atoms with Crippen molar-refractivity contribution < 1.29 is 19.4 Å². The molecule has 0 saturated carbocycles. The molecule has 1 fully saturated rings. The summed E-state index contributed by atoms with van der Waals surface area (Å²) in [5, 5.41) is 10.2. The molecule has 0 aliphatic carbocycles. The van der Waals surface area contributed by atoms with Crippen LogP contribution in [0.4, 0.5) is 0 Å². The number of carbonyl (C=O) groups is 1. The molecule has 0 radical (unpaired) electrons. The smallest absolute Gasteiger partial charge is 0.162 e. The van der Waals surface area contributed by atoms with Crippen molar-refractivity contribution in [3.05, 3.63) is 29.8 Å². The van der Waals surface area contributed by atoms with Crippen LogP contribution in [0.2, 0.25) is 0 Å². The minimum Gasteiger partial charge on any atom is -0.491 e. The van der Waals surface area contributed by atoms with Crippen LogP contribution in [0.5, 0.6) is 5.75 Å². The molecule has 1 saturated heterocycles. The molecule has 2 rings (SSSR count). The number of aliphatic hydroxyl groups excluding tert-OH is 1. The van der Waals surface area contributed by atoms with Crippen LogP contribution in [0.15, 0.2) is 24.3 Å². The summed E-state index contributed by atoms with van der Waals surface area (Å²) in [6.07, 6.45) is -0.0711. The third-order valence-electron chi connectivity index (χ3n) is 4.19. The molecule has 1 aromatic rings. The van der Waals surface area contributed by atoms with Gasteiger partial charge in [-0.3, -0.25) is 9.69 Å². The van der Waals surface area contributed by atoms with Crippen LogP contribution in [0.25, 0.3) is 0 Å². The van der Waals surface area contributed by atoms with Crippen LogP contribution in [0.1, 0.15) is 37.6 Å². The fraction of sp³-hybridized carbons (Fsp3) is 0.611. The SMILES string of the molecule is CCC(=O)c1ccc(OCC(O)CN2CCOCC2(C)C)cc1. The van der Waals surface area contributed by atoms with Gasteiger partial charge < -0.3 is 14.6 Å². The maximum Gasteiger partial charge on any atom is 0.162 e. The lowest BCUT2D eigenvalue weighted by Gasteiger charge is -2.42. The third-order valence-corrected chi connectivity index (χ3v) is 4.19. The van der Waals surface area contributed by atoms with Gasteiger partial charge >= 0.3 is 0 Å². The third kappa shape index (κ3) is 5.03. The molecule has 1 aliphatic rings. The number of hydrogen-bond donors (Lipinski definition) is 1. The number of carbonyl (C=O) groups excluding carboxylic acids is 1. The number of benzene rings is 1. The van der Waals surface area contributed by atoms with Gasteiger partial charge in [-0.05, 0) is 38.1 Å². The number of morpholine rings is 1. The number of β-amino-alcohol motifs (C(OH)–C–C–N with tert-alkyl or cyclic N) is 1. The first kappa shape index (κ1) is 17.9. The van der Waals surface area contributed by atoms with Crippen molar-refractivity contribution in [3.63, 3.8) is 0 Å². The molecule has 1 N–H and O–H groups in total. The van der Waals surface area contributed by atoms with E-state index in [0.717, 1.165) is 6.54 Å². The summed E-state index contributed by atoms with van der Waals surface area (Å²) in [4.78, 5) is 13.8. The number of aliphatic hydroxyl groups is 1. The summed E-state index contributed by atoms with van der Waals surface area (Å²) in [6.45, 7) is 9.05. The molecule has 0 bridgehead atoms. The maximum atomic E-state index is 11.6. The van der Waals surface area contributed by atoms with Crippen molar-refractivity contribution in [2.45, 2.75) is 38.8 Å². The van der Waals surface area contributed by atoms with Gasteiger partial charge in [0.25, 0.3) is 0 Å². The lowest BCUT2D eigenvalue weighted by Crippen LogP contribution is -2.55. The van der Waals surface area contributed by atoms with E-state index in [1.807, 2.05) is 6.92 Å². The van der Waals surface area contributed by atoms with E-state index >= 15 is 0 Å². The minimum absolute atomic E-state index is 0.0681. The molecule has 23 heavy (non-hydrogen) atoms. The lowest BCUT2D eigenvalue weighted by molar-refractivity contribution is -0.0703. The van der Waals surface area contributed by atoms with Gasteiger partial charge in [0.15, 0.2) is 5.78 Å². The Morgan fingerprint density at radius 1 is 1.39 bits per heavy atom.